The molecule has 0 bridgehead atoms. The summed E-state index contributed by atoms with van der Waals surface area (Å²) in [5, 5.41) is 18.0. The van der Waals surface area contributed by atoms with Gasteiger partial charge in [0.05, 0.1) is 19.3 Å². The quantitative estimate of drug-likeness (QED) is 0.725. The molecule has 2 fully saturated rings. The molecule has 1 heterocycles. The second-order valence-electron chi connectivity index (χ2n) is 5.27. The molecular formula is C12H19NO3. The van der Waals surface area contributed by atoms with Crippen LogP contribution < -0.4 is 0 Å². The van der Waals surface area contributed by atoms with Gasteiger partial charge in [0, 0.05) is 12.8 Å². The lowest BCUT2D eigenvalue weighted by atomic mass is 9.70. The van der Waals surface area contributed by atoms with Crippen LogP contribution in [-0.2, 0) is 9.47 Å². The summed E-state index contributed by atoms with van der Waals surface area (Å²) in [4.78, 5) is 0. The van der Waals surface area contributed by atoms with E-state index in [1.807, 2.05) is 6.07 Å². The number of hydrogen-bond donors (Lipinski definition) is 1. The first-order valence-electron chi connectivity index (χ1n) is 5.93. The van der Waals surface area contributed by atoms with Crippen molar-refractivity contribution < 1.29 is 14.6 Å². The molecule has 4 nitrogen and oxygen atoms in total. The lowest BCUT2D eigenvalue weighted by Crippen LogP contribution is -2.40. The summed E-state index contributed by atoms with van der Waals surface area (Å²) in [5.41, 5.74) is 0.0513. The molecule has 2 rings (SSSR count). The van der Waals surface area contributed by atoms with Crippen molar-refractivity contribution in [2.45, 2.75) is 50.9 Å². The lowest BCUT2D eigenvalue weighted by molar-refractivity contribution is -0.191. The van der Waals surface area contributed by atoms with Gasteiger partial charge in [0.15, 0.2) is 5.79 Å². The number of aliphatic hydroxyl groups is 1. The van der Waals surface area contributed by atoms with E-state index in [0.717, 1.165) is 25.7 Å². The molecule has 90 valence electrons. The average Bonchev–Trinajstić information content (AvgIpc) is 2.72. The molecule has 1 aliphatic carbocycles. The molecule has 0 amide bonds. The van der Waals surface area contributed by atoms with Gasteiger partial charge in [-0.15, -0.1) is 0 Å². The summed E-state index contributed by atoms with van der Waals surface area (Å²) in [6.45, 7) is 3.52. The van der Waals surface area contributed by atoms with Crippen molar-refractivity contribution in [2.75, 3.05) is 13.2 Å². The van der Waals surface area contributed by atoms with Gasteiger partial charge in [0.1, 0.15) is 6.10 Å². The van der Waals surface area contributed by atoms with E-state index in [1.54, 1.807) is 0 Å². The Morgan fingerprint density at radius 2 is 1.81 bits per heavy atom. The Bertz CT molecular complexity index is 281. The summed E-state index contributed by atoms with van der Waals surface area (Å²) < 4.78 is 11.3. The fourth-order valence-electron chi connectivity index (χ4n) is 2.74. The Morgan fingerprint density at radius 3 is 2.31 bits per heavy atom. The van der Waals surface area contributed by atoms with Crippen LogP contribution in [0.1, 0.15) is 39.0 Å². The summed E-state index contributed by atoms with van der Waals surface area (Å²) >= 11 is 0. The zero-order valence-electron chi connectivity index (χ0n) is 9.74. The number of ether oxygens (including phenoxy) is 2. The highest BCUT2D eigenvalue weighted by atomic mass is 16.7. The average molecular weight is 225 g/mol. The van der Waals surface area contributed by atoms with E-state index >= 15 is 0 Å². The minimum absolute atomic E-state index is 0.0513. The van der Waals surface area contributed by atoms with Gasteiger partial charge in [-0.1, -0.05) is 6.92 Å². The first-order chi connectivity index (χ1) is 7.58. The molecule has 1 saturated heterocycles. The van der Waals surface area contributed by atoms with Crippen LogP contribution in [0.25, 0.3) is 0 Å². The van der Waals surface area contributed by atoms with E-state index in [0.29, 0.717) is 19.6 Å². The van der Waals surface area contributed by atoms with E-state index in [4.69, 9.17) is 14.7 Å². The Morgan fingerprint density at radius 1 is 1.25 bits per heavy atom. The second-order valence-corrected chi connectivity index (χ2v) is 5.27. The van der Waals surface area contributed by atoms with Crippen molar-refractivity contribution in [1.29, 1.82) is 5.26 Å². The number of aliphatic hydroxyl groups excluding tert-OH is 1. The van der Waals surface area contributed by atoms with E-state index < -0.39 is 6.10 Å². The van der Waals surface area contributed by atoms with Gasteiger partial charge in [-0.2, -0.15) is 5.26 Å². The number of nitrogens with zero attached hydrogens (tertiary/aromatic N) is 1. The SMILES string of the molecule is CC1(CC(O)C#N)CCC2(CC1)OCCO2. The largest absolute Gasteiger partial charge is 0.378 e. The van der Waals surface area contributed by atoms with Crippen molar-refractivity contribution in [2.24, 2.45) is 5.41 Å². The van der Waals surface area contributed by atoms with E-state index in [9.17, 15) is 5.11 Å². The molecule has 0 aromatic heterocycles. The predicted octanol–water partition coefficient (Wildman–Crippen LogP) is 1.58. The smallest absolute Gasteiger partial charge is 0.168 e. The highest BCUT2D eigenvalue weighted by molar-refractivity contribution is 4.94. The number of rotatable bonds is 2. The molecule has 0 aromatic rings. The van der Waals surface area contributed by atoms with Gasteiger partial charge in [0.2, 0.25) is 0 Å². The van der Waals surface area contributed by atoms with Crippen molar-refractivity contribution >= 4 is 0 Å². The van der Waals surface area contributed by atoms with Crippen molar-refractivity contribution in [3.05, 3.63) is 0 Å². The molecular weight excluding hydrogens is 206 g/mol. The fraction of sp³-hybridized carbons (Fsp3) is 0.917. The first-order valence-corrected chi connectivity index (χ1v) is 5.93. The van der Waals surface area contributed by atoms with Gasteiger partial charge in [0.25, 0.3) is 0 Å². The van der Waals surface area contributed by atoms with Crippen LogP contribution in [0.15, 0.2) is 0 Å². The van der Waals surface area contributed by atoms with E-state index in [1.165, 1.54) is 0 Å². The van der Waals surface area contributed by atoms with Crippen LogP contribution in [0.5, 0.6) is 0 Å². The molecule has 0 radical (unpaired) electrons. The molecule has 16 heavy (non-hydrogen) atoms. The topological polar surface area (TPSA) is 62.5 Å². The highest BCUT2D eigenvalue weighted by Gasteiger charge is 2.44. The molecule has 2 aliphatic rings. The summed E-state index contributed by atoms with van der Waals surface area (Å²) in [5.74, 6) is -0.350. The molecule has 1 N–H and O–H groups in total. The third kappa shape index (κ3) is 2.37. The van der Waals surface area contributed by atoms with Gasteiger partial charge in [-0.05, 0) is 24.7 Å². The Balaban J connectivity index is 1.90. The maximum Gasteiger partial charge on any atom is 0.168 e. The van der Waals surface area contributed by atoms with Gasteiger partial charge < -0.3 is 14.6 Å². The monoisotopic (exact) mass is 225 g/mol. The summed E-state index contributed by atoms with van der Waals surface area (Å²) in [6, 6.07) is 1.89. The van der Waals surface area contributed by atoms with Crippen LogP contribution >= 0.6 is 0 Å². The maximum absolute atomic E-state index is 9.41. The molecule has 1 aliphatic heterocycles. The fourth-order valence-corrected chi connectivity index (χ4v) is 2.74. The van der Waals surface area contributed by atoms with Gasteiger partial charge in [-0.3, -0.25) is 0 Å². The number of nitriles is 1. The third-order valence-electron chi connectivity index (χ3n) is 3.87. The predicted molar refractivity (Wildman–Crippen MR) is 57.4 cm³/mol. The lowest BCUT2D eigenvalue weighted by Gasteiger charge is -2.41. The molecule has 1 saturated carbocycles. The summed E-state index contributed by atoms with van der Waals surface area (Å²) in [6.07, 6.45) is 3.37. The van der Waals surface area contributed by atoms with Crippen LogP contribution in [0.3, 0.4) is 0 Å². The highest BCUT2D eigenvalue weighted by Crippen LogP contribution is 2.46. The zero-order chi connectivity index (χ0) is 11.6. The van der Waals surface area contributed by atoms with Crippen molar-refractivity contribution in [1.82, 2.24) is 0 Å². The second kappa shape index (κ2) is 4.33. The van der Waals surface area contributed by atoms with Gasteiger partial charge >= 0.3 is 0 Å². The molecule has 1 atom stereocenters. The molecule has 1 unspecified atom stereocenters. The molecule has 0 aromatic carbocycles. The third-order valence-corrected chi connectivity index (χ3v) is 3.87. The minimum atomic E-state index is -0.843. The molecule has 4 heteroatoms. The van der Waals surface area contributed by atoms with Gasteiger partial charge in [-0.25, -0.2) is 0 Å². The van der Waals surface area contributed by atoms with E-state index in [-0.39, 0.29) is 11.2 Å². The van der Waals surface area contributed by atoms with E-state index in [2.05, 4.69) is 6.92 Å². The Labute approximate surface area is 96.2 Å². The van der Waals surface area contributed by atoms with Crippen LogP contribution in [0, 0.1) is 16.7 Å². The maximum atomic E-state index is 9.41. The van der Waals surface area contributed by atoms with Crippen LogP contribution in [-0.4, -0.2) is 30.2 Å². The Kier molecular flexibility index (Phi) is 3.20. The minimum Gasteiger partial charge on any atom is -0.378 e. The van der Waals surface area contributed by atoms with Crippen LogP contribution in [0.4, 0.5) is 0 Å². The zero-order valence-corrected chi connectivity index (χ0v) is 9.74. The molecule has 1 spiro atoms. The number of hydrogen-bond acceptors (Lipinski definition) is 4. The first kappa shape index (κ1) is 11.8. The van der Waals surface area contributed by atoms with Crippen molar-refractivity contribution in [3.8, 4) is 6.07 Å². The summed E-state index contributed by atoms with van der Waals surface area (Å²) in [7, 11) is 0. The Hall–Kier alpha value is -0.630. The van der Waals surface area contributed by atoms with Crippen LogP contribution in [0.2, 0.25) is 0 Å². The standard InChI is InChI=1S/C12H19NO3/c1-11(8-10(14)9-13)2-4-12(5-3-11)15-6-7-16-12/h10,14H,2-8H2,1H3. The normalized spacial score (nSPS) is 28.8. The van der Waals surface area contributed by atoms with Crippen molar-refractivity contribution in [3.63, 3.8) is 0 Å².